The summed E-state index contributed by atoms with van der Waals surface area (Å²) >= 11 is 9.60. The van der Waals surface area contributed by atoms with E-state index in [0.29, 0.717) is 6.42 Å². The first-order valence-corrected chi connectivity index (χ1v) is 11.5. The fourth-order valence-electron chi connectivity index (χ4n) is 2.63. The zero-order valence-corrected chi connectivity index (χ0v) is 19.4. The summed E-state index contributed by atoms with van der Waals surface area (Å²) in [7, 11) is -2.20. The van der Waals surface area contributed by atoms with E-state index < -0.39 is 15.9 Å². The second-order valence-electron chi connectivity index (χ2n) is 6.74. The van der Waals surface area contributed by atoms with Gasteiger partial charge in [-0.3, -0.25) is 4.79 Å². The molecule has 0 aliphatic heterocycles. The molecule has 1 amide bonds. The van der Waals surface area contributed by atoms with Gasteiger partial charge < -0.3 is 5.32 Å². The second-order valence-corrected chi connectivity index (χ2v) is 10.1. The lowest BCUT2D eigenvalue weighted by Gasteiger charge is -2.22. The van der Waals surface area contributed by atoms with Crippen LogP contribution in [0, 0.1) is 0 Å². The Labute approximate surface area is 180 Å². The third-order valence-electron chi connectivity index (χ3n) is 4.57. The molecule has 2 aromatic rings. The van der Waals surface area contributed by atoms with Gasteiger partial charge in [-0.25, -0.2) is 8.42 Å². The van der Waals surface area contributed by atoms with Crippen molar-refractivity contribution in [2.24, 2.45) is 0 Å². The van der Waals surface area contributed by atoms with Crippen LogP contribution in [0.4, 0.5) is 0 Å². The van der Waals surface area contributed by atoms with E-state index in [-0.39, 0.29) is 27.6 Å². The molecule has 0 heterocycles. The Balaban J connectivity index is 2.33. The number of halogens is 2. The number of hydrogen-bond donors (Lipinski definition) is 1. The lowest BCUT2D eigenvalue weighted by molar-refractivity contribution is 0.0935. The van der Waals surface area contributed by atoms with Crippen LogP contribution in [0.25, 0.3) is 0 Å². The quantitative estimate of drug-likeness (QED) is 0.597. The average molecular weight is 488 g/mol. The van der Waals surface area contributed by atoms with E-state index in [1.54, 1.807) is 13.8 Å². The van der Waals surface area contributed by atoms with Gasteiger partial charge in [0.05, 0.1) is 21.5 Å². The lowest BCUT2D eigenvalue weighted by atomic mass is 10.0. The molecule has 1 unspecified atom stereocenters. The van der Waals surface area contributed by atoms with Crippen LogP contribution < -0.4 is 5.32 Å². The van der Waals surface area contributed by atoms with Gasteiger partial charge in [0, 0.05) is 17.6 Å². The molecule has 0 radical (unpaired) electrons. The number of rotatable bonds is 7. The number of sulfonamides is 1. The number of nitrogens with zero attached hydrogens (tertiary/aromatic N) is 1. The highest BCUT2D eigenvalue weighted by atomic mass is 79.9. The summed E-state index contributed by atoms with van der Waals surface area (Å²) in [5.41, 5.74) is 1.09. The fourth-order valence-corrected chi connectivity index (χ4v) is 4.50. The largest absolute Gasteiger partial charge is 0.345 e. The molecular weight excluding hydrogens is 464 g/mol. The van der Waals surface area contributed by atoms with Crippen molar-refractivity contribution in [3.05, 3.63) is 63.1 Å². The number of amides is 1. The SMILES string of the molecule is CCC(NC(=O)c1cc(S(=O)(=O)N(C)C(C)C)ccc1Cl)c1ccc(Br)cc1. The van der Waals surface area contributed by atoms with Gasteiger partial charge in [0.15, 0.2) is 0 Å². The third kappa shape index (κ3) is 5.14. The van der Waals surface area contributed by atoms with Crippen molar-refractivity contribution in [1.82, 2.24) is 9.62 Å². The van der Waals surface area contributed by atoms with E-state index in [0.717, 1.165) is 10.0 Å². The first-order chi connectivity index (χ1) is 13.1. The van der Waals surface area contributed by atoms with Crippen molar-refractivity contribution >= 4 is 43.5 Å². The molecule has 5 nitrogen and oxygen atoms in total. The van der Waals surface area contributed by atoms with Gasteiger partial charge in [0.2, 0.25) is 10.0 Å². The van der Waals surface area contributed by atoms with E-state index >= 15 is 0 Å². The predicted octanol–water partition coefficient (Wildman–Crippen LogP) is 5.01. The minimum atomic E-state index is -3.71. The van der Waals surface area contributed by atoms with Crippen molar-refractivity contribution in [2.45, 2.75) is 44.2 Å². The van der Waals surface area contributed by atoms with Gasteiger partial charge in [-0.1, -0.05) is 46.6 Å². The Hall–Kier alpha value is -1.41. The van der Waals surface area contributed by atoms with Crippen LogP contribution in [0.3, 0.4) is 0 Å². The summed E-state index contributed by atoms with van der Waals surface area (Å²) < 4.78 is 27.7. The number of benzene rings is 2. The standard InChI is InChI=1S/C20H24BrClN2O3S/c1-5-19(14-6-8-15(21)9-7-14)23-20(25)17-12-16(10-11-18(17)22)28(26,27)24(4)13(2)3/h6-13,19H,5H2,1-4H3,(H,23,25). The van der Waals surface area contributed by atoms with E-state index in [4.69, 9.17) is 11.6 Å². The first-order valence-electron chi connectivity index (χ1n) is 8.91. The molecule has 2 aromatic carbocycles. The van der Waals surface area contributed by atoms with Crippen LogP contribution in [0.1, 0.15) is 49.2 Å². The van der Waals surface area contributed by atoms with Crippen molar-refractivity contribution in [3.8, 4) is 0 Å². The van der Waals surface area contributed by atoms with Crippen LogP contribution in [0.2, 0.25) is 5.02 Å². The second kappa shape index (κ2) is 9.39. The molecule has 0 spiro atoms. The molecule has 8 heteroatoms. The number of carbonyl (C=O) groups is 1. The summed E-state index contributed by atoms with van der Waals surface area (Å²) in [6.07, 6.45) is 0.680. The highest BCUT2D eigenvalue weighted by Crippen LogP contribution is 2.25. The van der Waals surface area contributed by atoms with E-state index in [1.807, 2.05) is 31.2 Å². The molecule has 0 fully saturated rings. The van der Waals surface area contributed by atoms with E-state index in [1.165, 1.54) is 29.6 Å². The molecular formula is C20H24BrClN2O3S. The van der Waals surface area contributed by atoms with E-state index in [2.05, 4.69) is 21.2 Å². The first kappa shape index (κ1) is 22.9. The molecule has 0 aromatic heterocycles. The minimum absolute atomic E-state index is 0.0370. The van der Waals surface area contributed by atoms with Crippen LogP contribution in [-0.2, 0) is 10.0 Å². The number of hydrogen-bond acceptors (Lipinski definition) is 3. The van der Waals surface area contributed by atoms with Gasteiger partial charge in [-0.05, 0) is 56.2 Å². The van der Waals surface area contributed by atoms with Crippen molar-refractivity contribution < 1.29 is 13.2 Å². The topological polar surface area (TPSA) is 66.5 Å². The van der Waals surface area contributed by atoms with Crippen molar-refractivity contribution in [3.63, 3.8) is 0 Å². The summed E-state index contributed by atoms with van der Waals surface area (Å²) in [6.45, 7) is 5.53. The molecule has 28 heavy (non-hydrogen) atoms. The zero-order chi connectivity index (χ0) is 21.1. The Kier molecular flexibility index (Phi) is 7.67. The fraction of sp³-hybridized carbons (Fsp3) is 0.350. The Morgan fingerprint density at radius 3 is 2.32 bits per heavy atom. The van der Waals surface area contributed by atoms with Gasteiger partial charge in [-0.2, -0.15) is 4.31 Å². The van der Waals surface area contributed by atoms with Gasteiger partial charge in [0.25, 0.3) is 5.91 Å². The number of nitrogens with one attached hydrogen (secondary N) is 1. The van der Waals surface area contributed by atoms with Crippen molar-refractivity contribution in [2.75, 3.05) is 7.05 Å². The van der Waals surface area contributed by atoms with Gasteiger partial charge in [-0.15, -0.1) is 0 Å². The highest BCUT2D eigenvalue weighted by Gasteiger charge is 2.25. The van der Waals surface area contributed by atoms with Crippen molar-refractivity contribution in [1.29, 1.82) is 0 Å². The lowest BCUT2D eigenvalue weighted by Crippen LogP contribution is -2.33. The maximum Gasteiger partial charge on any atom is 0.253 e. The Morgan fingerprint density at radius 1 is 1.18 bits per heavy atom. The molecule has 0 aliphatic rings. The van der Waals surface area contributed by atoms with Crippen LogP contribution >= 0.6 is 27.5 Å². The maximum absolute atomic E-state index is 12.8. The van der Waals surface area contributed by atoms with E-state index in [9.17, 15) is 13.2 Å². The molecule has 152 valence electrons. The summed E-state index contributed by atoms with van der Waals surface area (Å²) in [4.78, 5) is 12.9. The molecule has 0 saturated carbocycles. The zero-order valence-electron chi connectivity index (χ0n) is 16.2. The molecule has 1 N–H and O–H groups in total. The van der Waals surface area contributed by atoms with Gasteiger partial charge >= 0.3 is 0 Å². The molecule has 0 aliphatic carbocycles. The summed E-state index contributed by atoms with van der Waals surface area (Å²) in [6, 6.07) is 11.4. The number of carbonyl (C=O) groups excluding carboxylic acids is 1. The van der Waals surface area contributed by atoms with Crippen LogP contribution in [0.15, 0.2) is 51.8 Å². The monoisotopic (exact) mass is 486 g/mol. The normalized spacial score (nSPS) is 13.0. The Bertz CT molecular complexity index is 946. The highest BCUT2D eigenvalue weighted by molar-refractivity contribution is 9.10. The molecule has 0 bridgehead atoms. The van der Waals surface area contributed by atoms with Crippen LogP contribution in [-0.4, -0.2) is 31.7 Å². The van der Waals surface area contributed by atoms with Crippen LogP contribution in [0.5, 0.6) is 0 Å². The average Bonchev–Trinajstić information content (AvgIpc) is 2.66. The molecule has 0 saturated heterocycles. The minimum Gasteiger partial charge on any atom is -0.345 e. The Morgan fingerprint density at radius 2 is 1.79 bits per heavy atom. The molecule has 1 atom stereocenters. The smallest absolute Gasteiger partial charge is 0.253 e. The summed E-state index contributed by atoms with van der Waals surface area (Å²) in [5, 5.41) is 3.15. The molecule has 2 rings (SSSR count). The third-order valence-corrected chi connectivity index (χ3v) is 7.46. The predicted molar refractivity (Wildman–Crippen MR) is 116 cm³/mol. The summed E-state index contributed by atoms with van der Waals surface area (Å²) in [5.74, 6) is -0.413. The van der Waals surface area contributed by atoms with Gasteiger partial charge in [0.1, 0.15) is 0 Å². The maximum atomic E-state index is 12.8.